The zero-order valence-corrected chi connectivity index (χ0v) is 6.91. The van der Waals surface area contributed by atoms with E-state index in [1.165, 1.54) is 19.7 Å². The van der Waals surface area contributed by atoms with E-state index in [1.807, 2.05) is 0 Å². The third kappa shape index (κ3) is 6.67. The average molecular weight is 189 g/mol. The molecule has 0 bridgehead atoms. The van der Waals surface area contributed by atoms with Crippen LogP contribution in [0.1, 0.15) is 0 Å². The summed E-state index contributed by atoms with van der Waals surface area (Å²) in [6.45, 7) is 0. The topological polar surface area (TPSA) is 52.3 Å². The normalized spacial score (nSPS) is 8.62. The van der Waals surface area contributed by atoms with Gasteiger partial charge in [0.05, 0.1) is 0 Å². The summed E-state index contributed by atoms with van der Waals surface area (Å²) in [6.07, 6.45) is -0.787. The Morgan fingerprint density at radius 3 is 2.75 bits per heavy atom. The maximum atomic E-state index is 9.81. The highest BCUT2D eigenvalue weighted by atomic mass is 33.7. The van der Waals surface area contributed by atoms with Gasteiger partial charge in [-0.1, -0.05) is 11.7 Å². The van der Waals surface area contributed by atoms with Gasteiger partial charge in [0.2, 0.25) is 0 Å². The van der Waals surface area contributed by atoms with Crippen LogP contribution in [-0.2, 0) is 4.18 Å². The molecule has 0 saturated heterocycles. The number of carbonyl (C=O) groups is 1. The van der Waals surface area contributed by atoms with Crippen molar-refractivity contribution in [2.45, 2.75) is 0 Å². The van der Waals surface area contributed by atoms with Crippen molar-refractivity contribution in [3.8, 4) is 0 Å². The van der Waals surface area contributed by atoms with E-state index in [0.29, 0.717) is 0 Å². The molecule has 0 aromatic carbocycles. The molecule has 0 atom stereocenters. The van der Waals surface area contributed by atoms with Gasteiger partial charge in [-0.2, -0.15) is 0 Å². The lowest BCUT2D eigenvalue weighted by atomic mass is 11.3. The summed E-state index contributed by atoms with van der Waals surface area (Å²) in [4.78, 5) is 9.81. The Labute approximate surface area is 63.3 Å². The van der Waals surface area contributed by atoms with E-state index >= 15 is 0 Å². The van der Waals surface area contributed by atoms with Crippen LogP contribution in [-0.4, -0.2) is 6.09 Å². The van der Waals surface area contributed by atoms with Crippen molar-refractivity contribution < 1.29 is 8.98 Å². The van der Waals surface area contributed by atoms with Crippen molar-refractivity contribution in [3.05, 3.63) is 0 Å². The van der Waals surface area contributed by atoms with E-state index < -0.39 is 6.09 Å². The Bertz CT molecular complexity index is 76.4. The van der Waals surface area contributed by atoms with Crippen molar-refractivity contribution >= 4 is 48.5 Å². The van der Waals surface area contributed by atoms with Gasteiger partial charge in [-0.05, 0) is 9.83 Å². The van der Waals surface area contributed by atoms with E-state index in [1.54, 1.807) is 0 Å². The van der Waals surface area contributed by atoms with Crippen LogP contribution < -0.4 is 5.73 Å². The predicted molar refractivity (Wildman–Crippen MR) is 42.4 cm³/mol. The molecule has 2 N–H and O–H groups in total. The van der Waals surface area contributed by atoms with Crippen molar-refractivity contribution in [2.24, 2.45) is 5.73 Å². The Hall–Kier alpha value is 0.670. The first kappa shape index (κ1) is 8.67. The molecule has 48 valence electrons. The van der Waals surface area contributed by atoms with Gasteiger partial charge in [0.15, 0.2) is 0 Å². The standard InChI is InChI=1S/CH3NO2S4/c2-1(3)4-6-8-7-5/h5H,(H2,2,3). The summed E-state index contributed by atoms with van der Waals surface area (Å²) in [5, 5.41) is 0. The molecule has 0 rings (SSSR count). The van der Waals surface area contributed by atoms with Gasteiger partial charge in [-0.25, -0.2) is 4.79 Å². The number of primary amides is 1. The first-order valence-corrected chi connectivity index (χ1v) is 5.84. The third-order valence-electron chi connectivity index (χ3n) is 0.174. The molecule has 8 heavy (non-hydrogen) atoms. The zero-order valence-electron chi connectivity index (χ0n) is 3.57. The monoisotopic (exact) mass is 189 g/mol. The molecule has 0 fully saturated rings. The summed E-state index contributed by atoms with van der Waals surface area (Å²) >= 11 is 4.64. The van der Waals surface area contributed by atoms with Crippen molar-refractivity contribution in [2.75, 3.05) is 0 Å². The highest BCUT2D eigenvalue weighted by Gasteiger charge is 1.92. The maximum absolute atomic E-state index is 9.81. The summed E-state index contributed by atoms with van der Waals surface area (Å²) in [6, 6.07) is 0. The number of amides is 1. The lowest BCUT2D eigenvalue weighted by Gasteiger charge is -1.91. The Kier molecular flexibility index (Phi) is 6.29. The summed E-state index contributed by atoms with van der Waals surface area (Å²) in [5.41, 5.74) is 4.60. The number of hydrogen-bond donors (Lipinski definition) is 2. The van der Waals surface area contributed by atoms with Gasteiger partial charge in [-0.15, -0.1) is 0 Å². The molecular weight excluding hydrogens is 186 g/mol. The molecule has 0 aromatic heterocycles. The molecule has 0 aliphatic carbocycles. The lowest BCUT2D eigenvalue weighted by Crippen LogP contribution is -2.07. The van der Waals surface area contributed by atoms with Gasteiger partial charge in [0.25, 0.3) is 0 Å². The zero-order chi connectivity index (χ0) is 6.41. The van der Waals surface area contributed by atoms with Crippen LogP contribution in [0.15, 0.2) is 0 Å². The van der Waals surface area contributed by atoms with Gasteiger partial charge >= 0.3 is 6.09 Å². The first-order chi connectivity index (χ1) is 3.77. The fourth-order valence-corrected chi connectivity index (χ4v) is 1.68. The molecule has 0 saturated carbocycles. The molecule has 0 aliphatic rings. The molecule has 0 heterocycles. The van der Waals surface area contributed by atoms with Crippen molar-refractivity contribution in [1.29, 1.82) is 0 Å². The fraction of sp³-hybridized carbons (Fsp3) is 0. The van der Waals surface area contributed by atoms with Crippen LogP contribution in [0.2, 0.25) is 0 Å². The average Bonchev–Trinajstić information content (AvgIpc) is 1.66. The predicted octanol–water partition coefficient (Wildman–Crippen LogP) is 1.87. The van der Waals surface area contributed by atoms with Crippen LogP contribution in [0.5, 0.6) is 0 Å². The van der Waals surface area contributed by atoms with E-state index in [9.17, 15) is 4.79 Å². The first-order valence-electron chi connectivity index (χ1n) is 1.38. The molecule has 7 heteroatoms. The molecule has 1 amide bonds. The van der Waals surface area contributed by atoms with Gasteiger partial charge < -0.3 is 9.92 Å². The van der Waals surface area contributed by atoms with Crippen molar-refractivity contribution in [1.82, 2.24) is 0 Å². The number of thiol groups is 1. The smallest absolute Gasteiger partial charge is 0.362 e. The summed E-state index contributed by atoms with van der Waals surface area (Å²) in [5.74, 6) is 0. The van der Waals surface area contributed by atoms with E-state index in [4.69, 9.17) is 0 Å². The molecular formula is CH3NO2S4. The number of carbonyl (C=O) groups excluding carboxylic acids is 1. The minimum Gasteiger partial charge on any atom is -0.362 e. The molecule has 0 unspecified atom stereocenters. The fourth-order valence-electron chi connectivity index (χ4n) is 0.0598. The number of rotatable bonds is 3. The minimum absolute atomic E-state index is 0.787. The van der Waals surface area contributed by atoms with E-state index in [2.05, 4.69) is 21.6 Å². The van der Waals surface area contributed by atoms with E-state index in [-0.39, 0.29) is 0 Å². The summed E-state index contributed by atoms with van der Waals surface area (Å²) in [7, 11) is 2.40. The highest BCUT2D eigenvalue weighted by Crippen LogP contribution is 2.37. The van der Waals surface area contributed by atoms with Gasteiger partial charge in [0.1, 0.15) is 11.1 Å². The largest absolute Gasteiger partial charge is 0.417 e. The Morgan fingerprint density at radius 2 is 2.38 bits per heavy atom. The SMILES string of the molecule is NC(=O)OSSSS. The summed E-state index contributed by atoms with van der Waals surface area (Å²) < 4.78 is 4.23. The van der Waals surface area contributed by atoms with Gasteiger partial charge in [0, 0.05) is 9.83 Å². The molecule has 0 spiro atoms. The maximum Gasteiger partial charge on any atom is 0.417 e. The van der Waals surface area contributed by atoms with Crippen LogP contribution in [0.25, 0.3) is 0 Å². The van der Waals surface area contributed by atoms with Crippen LogP contribution in [0.4, 0.5) is 4.79 Å². The third-order valence-corrected chi connectivity index (χ3v) is 3.77. The second kappa shape index (κ2) is 5.80. The molecule has 0 aliphatic heterocycles. The van der Waals surface area contributed by atoms with Crippen LogP contribution in [0, 0.1) is 0 Å². The lowest BCUT2D eigenvalue weighted by molar-refractivity contribution is 0.219. The van der Waals surface area contributed by atoms with Crippen molar-refractivity contribution in [3.63, 3.8) is 0 Å². The minimum atomic E-state index is -0.787. The second-order valence-corrected chi connectivity index (χ2v) is 5.03. The Balaban J connectivity index is 2.82. The molecule has 3 nitrogen and oxygen atoms in total. The second-order valence-electron chi connectivity index (χ2n) is 0.613. The molecule has 0 radical (unpaired) electrons. The Morgan fingerprint density at radius 1 is 1.75 bits per heavy atom. The molecule has 0 aromatic rings. The van der Waals surface area contributed by atoms with Crippen LogP contribution >= 0.6 is 42.4 Å². The number of hydrogen-bond acceptors (Lipinski definition) is 6. The van der Waals surface area contributed by atoms with E-state index in [0.717, 1.165) is 11.1 Å². The number of nitrogens with two attached hydrogens (primary N) is 1. The van der Waals surface area contributed by atoms with Crippen LogP contribution in [0.3, 0.4) is 0 Å². The van der Waals surface area contributed by atoms with Gasteiger partial charge in [-0.3, -0.25) is 0 Å². The quantitative estimate of drug-likeness (QED) is 0.307. The highest BCUT2D eigenvalue weighted by molar-refractivity contribution is 9.23.